The first-order valence-electron chi connectivity index (χ1n) is 15.6. The molecule has 254 valence electrons. The van der Waals surface area contributed by atoms with Crippen molar-refractivity contribution in [3.05, 3.63) is 123 Å². The number of esters is 1. The van der Waals surface area contributed by atoms with Gasteiger partial charge >= 0.3 is 5.97 Å². The van der Waals surface area contributed by atoms with Crippen LogP contribution in [0.2, 0.25) is 5.02 Å². The van der Waals surface area contributed by atoms with Gasteiger partial charge in [0.05, 0.1) is 23.5 Å². The number of nitrogens with one attached hydrogen (secondary N) is 1. The lowest BCUT2D eigenvalue weighted by Gasteiger charge is -2.28. The zero-order valence-electron chi connectivity index (χ0n) is 26.8. The molecule has 4 aromatic carbocycles. The highest BCUT2D eigenvalue weighted by atomic mass is 35.5. The quantitative estimate of drug-likeness (QED) is 0.123. The van der Waals surface area contributed by atoms with E-state index in [1.54, 1.807) is 24.3 Å². The fourth-order valence-corrected chi connectivity index (χ4v) is 7.97. The van der Waals surface area contributed by atoms with Gasteiger partial charge in [0.2, 0.25) is 10.0 Å². The highest BCUT2D eigenvalue weighted by molar-refractivity contribution is 7.89. The van der Waals surface area contributed by atoms with E-state index in [0.29, 0.717) is 42.9 Å². The van der Waals surface area contributed by atoms with Crippen molar-refractivity contribution in [3.8, 4) is 5.75 Å². The van der Waals surface area contributed by atoms with E-state index in [4.69, 9.17) is 25.3 Å². The van der Waals surface area contributed by atoms with Gasteiger partial charge in [-0.05, 0) is 115 Å². The summed E-state index contributed by atoms with van der Waals surface area (Å²) in [5.41, 5.74) is 5.92. The van der Waals surface area contributed by atoms with Crippen LogP contribution in [0.3, 0.4) is 0 Å². The molecule has 0 aromatic heterocycles. The Kier molecular flexibility index (Phi) is 11.6. The van der Waals surface area contributed by atoms with Crippen molar-refractivity contribution in [2.24, 2.45) is 0 Å². The summed E-state index contributed by atoms with van der Waals surface area (Å²) in [6.45, 7) is 2.16. The van der Waals surface area contributed by atoms with E-state index in [2.05, 4.69) is 4.72 Å². The van der Waals surface area contributed by atoms with Crippen molar-refractivity contribution >= 4 is 37.7 Å². The highest BCUT2D eigenvalue weighted by Gasteiger charge is 2.26. The monoisotopic (exact) mass is 711 g/mol. The minimum atomic E-state index is -3.83. The van der Waals surface area contributed by atoms with Crippen molar-refractivity contribution in [1.82, 2.24) is 4.72 Å². The van der Waals surface area contributed by atoms with E-state index in [9.17, 15) is 21.6 Å². The number of carbonyl (C=O) groups excluding carboxylic acids is 1. The number of methoxy groups -OCH3 is 1. The molecule has 4 aromatic rings. The van der Waals surface area contributed by atoms with Crippen molar-refractivity contribution in [2.45, 2.75) is 67.9 Å². The number of benzene rings is 4. The third-order valence-corrected chi connectivity index (χ3v) is 11.4. The summed E-state index contributed by atoms with van der Waals surface area (Å²) in [7, 11) is -6.20. The first-order valence-corrected chi connectivity index (χ1v) is 18.8. The van der Waals surface area contributed by atoms with Crippen LogP contribution in [0.25, 0.3) is 0 Å². The smallest absolute Gasteiger partial charge is 0.305 e. The van der Waals surface area contributed by atoms with Crippen molar-refractivity contribution in [3.63, 3.8) is 0 Å². The summed E-state index contributed by atoms with van der Waals surface area (Å²) in [6, 6.07) is 23.7. The van der Waals surface area contributed by atoms with Gasteiger partial charge in [0.25, 0.3) is 10.1 Å². The number of hydrogen-bond acceptors (Lipinski definition) is 8. The summed E-state index contributed by atoms with van der Waals surface area (Å²) in [5.74, 6) is 0.336. The zero-order chi connectivity index (χ0) is 34.3. The molecule has 1 aliphatic carbocycles. The number of fused-ring (bicyclic) bond motifs is 1. The van der Waals surface area contributed by atoms with Gasteiger partial charge in [-0.3, -0.25) is 8.98 Å². The van der Waals surface area contributed by atoms with E-state index in [1.165, 1.54) is 31.4 Å². The van der Waals surface area contributed by atoms with Crippen LogP contribution < -0.4 is 9.46 Å². The predicted molar refractivity (Wildman–Crippen MR) is 183 cm³/mol. The molecule has 1 aliphatic rings. The minimum Gasteiger partial charge on any atom is -0.489 e. The molecule has 0 aliphatic heterocycles. The van der Waals surface area contributed by atoms with Crippen LogP contribution in [0.1, 0.15) is 46.2 Å². The van der Waals surface area contributed by atoms with Gasteiger partial charge in [0.1, 0.15) is 12.4 Å². The lowest BCUT2D eigenvalue weighted by atomic mass is 9.83. The molecule has 12 heteroatoms. The second-order valence-corrected chi connectivity index (χ2v) is 15.5. The summed E-state index contributed by atoms with van der Waals surface area (Å²) in [4.78, 5) is 12.2. The molecule has 0 radical (unpaired) electrons. The molecule has 0 amide bonds. The lowest BCUT2D eigenvalue weighted by Crippen LogP contribution is -2.39. The molecule has 9 nitrogen and oxygen atoms in total. The van der Waals surface area contributed by atoms with Crippen LogP contribution >= 0.6 is 11.6 Å². The van der Waals surface area contributed by atoms with Gasteiger partial charge in [-0.1, -0.05) is 53.6 Å². The number of hydrogen-bond donors (Lipinski definition) is 1. The third-order valence-electron chi connectivity index (χ3n) is 8.24. The Bertz CT molecular complexity index is 1950. The third kappa shape index (κ3) is 9.45. The number of rotatable bonds is 14. The van der Waals surface area contributed by atoms with Crippen LogP contribution in [-0.4, -0.2) is 42.6 Å². The van der Waals surface area contributed by atoms with Crippen molar-refractivity contribution in [1.29, 1.82) is 0 Å². The van der Waals surface area contributed by atoms with E-state index in [0.717, 1.165) is 33.4 Å². The Morgan fingerprint density at radius 2 is 1.56 bits per heavy atom. The van der Waals surface area contributed by atoms with Crippen molar-refractivity contribution < 1.29 is 35.3 Å². The average Bonchev–Trinajstić information content (AvgIpc) is 3.06. The number of halogens is 1. The molecule has 0 saturated heterocycles. The molecule has 0 fully saturated rings. The number of aryl methyl sites for hydroxylation is 2. The van der Waals surface area contributed by atoms with Crippen LogP contribution in [0.5, 0.6) is 5.75 Å². The molecular formula is C36H38ClNO8S2. The first kappa shape index (κ1) is 35.6. The van der Waals surface area contributed by atoms with Gasteiger partial charge in [-0.25, -0.2) is 13.1 Å². The largest absolute Gasteiger partial charge is 0.489 e. The number of ether oxygens (including phenoxy) is 2. The van der Waals surface area contributed by atoms with E-state index < -0.39 is 20.1 Å². The molecule has 0 heterocycles. The standard InChI is InChI=1S/C36H38ClNO8S2/c1-25-3-13-34(14-4-25)48(42,43)46-20-19-26-5-11-32(12-6-26)45-24-27-21-28(7-18-36(39)44-2)35-17-10-31(23-29(35)22-27)38-47(40,41)33-15-8-30(37)9-16-33/h3-6,8-9,11-16,21-22,31,38H,7,10,17-20,23-24H2,1-2H3. The first-order chi connectivity index (χ1) is 22.9. The van der Waals surface area contributed by atoms with E-state index >= 15 is 0 Å². The minimum absolute atomic E-state index is 0.0107. The molecule has 0 bridgehead atoms. The van der Waals surface area contributed by atoms with Gasteiger partial charge in [0.15, 0.2) is 0 Å². The fourth-order valence-electron chi connectivity index (χ4n) is 5.67. The Balaban J connectivity index is 1.23. The van der Waals surface area contributed by atoms with E-state index in [-0.39, 0.29) is 41.4 Å². The highest BCUT2D eigenvalue weighted by Crippen LogP contribution is 2.29. The van der Waals surface area contributed by atoms with Gasteiger partial charge < -0.3 is 9.47 Å². The maximum absolute atomic E-state index is 13.1. The fraction of sp³-hybridized carbons (Fsp3) is 0.306. The Morgan fingerprint density at radius 1 is 0.875 bits per heavy atom. The summed E-state index contributed by atoms with van der Waals surface area (Å²) < 4.78 is 70.1. The molecule has 48 heavy (non-hydrogen) atoms. The second kappa shape index (κ2) is 15.7. The maximum atomic E-state index is 13.1. The van der Waals surface area contributed by atoms with Gasteiger partial charge in [0, 0.05) is 17.5 Å². The average molecular weight is 712 g/mol. The Morgan fingerprint density at radius 3 is 2.25 bits per heavy atom. The van der Waals surface area contributed by atoms with Crippen LogP contribution in [0.4, 0.5) is 0 Å². The summed E-state index contributed by atoms with van der Waals surface area (Å²) >= 11 is 5.94. The molecule has 1 unspecified atom stereocenters. The Labute approximate surface area is 287 Å². The topological polar surface area (TPSA) is 125 Å². The molecule has 5 rings (SSSR count). The zero-order valence-corrected chi connectivity index (χ0v) is 29.2. The normalized spacial score (nSPS) is 14.7. The molecular weight excluding hydrogens is 674 g/mol. The molecule has 0 spiro atoms. The molecule has 1 atom stereocenters. The van der Waals surface area contributed by atoms with Crippen molar-refractivity contribution in [2.75, 3.05) is 13.7 Å². The van der Waals surface area contributed by atoms with Crippen LogP contribution in [0.15, 0.2) is 94.7 Å². The summed E-state index contributed by atoms with van der Waals surface area (Å²) in [6.07, 6.45) is 2.92. The van der Waals surface area contributed by atoms with Crippen LogP contribution in [-0.2, 0) is 66.1 Å². The number of carbonyl (C=O) groups is 1. The lowest BCUT2D eigenvalue weighted by molar-refractivity contribution is -0.140. The van der Waals surface area contributed by atoms with E-state index in [1.807, 2.05) is 43.3 Å². The maximum Gasteiger partial charge on any atom is 0.305 e. The number of sulfonamides is 1. The SMILES string of the molecule is COC(=O)CCc1cc(COc2ccc(CCOS(=O)(=O)c3ccc(C)cc3)cc2)cc2c1CCC(NS(=O)(=O)c1ccc(Cl)cc1)C2. The van der Waals surface area contributed by atoms with Crippen LogP contribution in [0, 0.1) is 6.92 Å². The molecule has 1 N–H and O–H groups in total. The van der Waals surface area contributed by atoms with Gasteiger partial charge in [-0.15, -0.1) is 0 Å². The summed E-state index contributed by atoms with van der Waals surface area (Å²) in [5, 5.41) is 0.461. The van der Waals surface area contributed by atoms with Gasteiger partial charge in [-0.2, -0.15) is 8.42 Å². The predicted octanol–water partition coefficient (Wildman–Crippen LogP) is 6.12. The molecule has 0 saturated carbocycles. The Hall–Kier alpha value is -3.74. The second-order valence-electron chi connectivity index (χ2n) is 11.8.